The molecule has 0 spiro atoms. The van der Waals surface area contributed by atoms with E-state index in [0.29, 0.717) is 28.0 Å². The van der Waals surface area contributed by atoms with Crippen LogP contribution in [-0.2, 0) is 0 Å². The Bertz CT molecular complexity index is 1270. The summed E-state index contributed by atoms with van der Waals surface area (Å²) >= 11 is 1.65. The fourth-order valence-electron chi connectivity index (χ4n) is 3.19. The third kappa shape index (κ3) is 3.47. The van der Waals surface area contributed by atoms with E-state index in [1.807, 2.05) is 19.9 Å². The molecule has 0 aliphatic rings. The number of rotatable bonds is 4. The zero-order chi connectivity index (χ0) is 20.7. The van der Waals surface area contributed by atoms with E-state index in [9.17, 15) is 14.9 Å². The number of thiophene rings is 1. The van der Waals surface area contributed by atoms with Crippen LogP contribution in [0, 0.1) is 30.9 Å². The molecule has 29 heavy (non-hydrogen) atoms. The van der Waals surface area contributed by atoms with Crippen LogP contribution in [0.4, 0.5) is 11.4 Å². The van der Waals surface area contributed by atoms with Crippen LogP contribution < -0.4 is 5.32 Å². The number of hydrogen-bond donors (Lipinski definition) is 1. The summed E-state index contributed by atoms with van der Waals surface area (Å²) in [5, 5.41) is 18.2. The summed E-state index contributed by atoms with van der Waals surface area (Å²) in [6, 6.07) is 9.50. The monoisotopic (exact) mass is 408 g/mol. The number of benzene rings is 1. The second kappa shape index (κ2) is 7.10. The fraction of sp³-hybridized carbons (Fsp3) is 0.150. The third-order valence-corrected chi connectivity index (χ3v) is 5.46. The zero-order valence-corrected chi connectivity index (χ0v) is 16.7. The lowest BCUT2D eigenvalue weighted by molar-refractivity contribution is -0.384. The Kier molecular flexibility index (Phi) is 4.59. The van der Waals surface area contributed by atoms with Gasteiger partial charge in [-0.15, -0.1) is 11.3 Å². The number of amides is 1. The quantitative estimate of drug-likeness (QED) is 0.374. The van der Waals surface area contributed by atoms with Crippen molar-refractivity contribution in [1.82, 2.24) is 10.1 Å². The molecule has 1 N–H and O–H groups in total. The minimum atomic E-state index is -0.510. The zero-order valence-electron chi connectivity index (χ0n) is 15.8. The van der Waals surface area contributed by atoms with E-state index in [-0.39, 0.29) is 11.4 Å². The van der Waals surface area contributed by atoms with E-state index >= 15 is 0 Å². The molecule has 146 valence electrons. The number of nitrogens with one attached hydrogen (secondary N) is 1. The van der Waals surface area contributed by atoms with Gasteiger partial charge in [-0.1, -0.05) is 11.2 Å². The van der Waals surface area contributed by atoms with Gasteiger partial charge in [0.15, 0.2) is 0 Å². The fourth-order valence-corrected chi connectivity index (χ4v) is 4.13. The number of anilines is 1. The standard InChI is InChI=1S/C20H16N4O4S/c1-10-7-15(12(3)29-10)17-9-16(18-11(2)23-28-20(18)22-17)19(25)21-13-5-4-6-14(8-13)24(26)27/h4-9H,1-3H3,(H,21,25). The Labute approximate surface area is 169 Å². The number of pyridine rings is 1. The Hall–Kier alpha value is -3.59. The summed E-state index contributed by atoms with van der Waals surface area (Å²) in [5.41, 5.74) is 2.92. The number of nitro benzene ring substituents is 1. The minimum absolute atomic E-state index is 0.103. The molecule has 0 fully saturated rings. The van der Waals surface area contributed by atoms with Crippen LogP contribution in [0.3, 0.4) is 0 Å². The highest BCUT2D eigenvalue weighted by atomic mass is 32.1. The van der Waals surface area contributed by atoms with E-state index < -0.39 is 10.8 Å². The van der Waals surface area contributed by atoms with Crippen LogP contribution in [0.5, 0.6) is 0 Å². The first kappa shape index (κ1) is 18.8. The molecule has 0 aliphatic carbocycles. The van der Waals surface area contributed by atoms with Gasteiger partial charge in [0.25, 0.3) is 17.3 Å². The summed E-state index contributed by atoms with van der Waals surface area (Å²) in [6.45, 7) is 5.74. The van der Waals surface area contributed by atoms with Crippen molar-refractivity contribution in [2.45, 2.75) is 20.8 Å². The second-order valence-electron chi connectivity index (χ2n) is 6.59. The number of carbonyl (C=O) groups is 1. The number of non-ortho nitro benzene ring substituents is 1. The molecule has 1 aromatic carbocycles. The van der Waals surface area contributed by atoms with Gasteiger partial charge < -0.3 is 9.84 Å². The SMILES string of the molecule is Cc1cc(-c2cc(C(=O)Nc3cccc([N+](=O)[O-])c3)c3c(C)noc3n2)c(C)s1. The van der Waals surface area contributed by atoms with Gasteiger partial charge in [-0.25, -0.2) is 4.98 Å². The maximum absolute atomic E-state index is 13.1. The summed E-state index contributed by atoms with van der Waals surface area (Å²) < 4.78 is 5.32. The predicted octanol–water partition coefficient (Wildman–Crippen LogP) is 5.04. The molecule has 1 amide bonds. The summed E-state index contributed by atoms with van der Waals surface area (Å²) in [5.74, 6) is -0.421. The maximum atomic E-state index is 13.1. The highest BCUT2D eigenvalue weighted by molar-refractivity contribution is 7.12. The summed E-state index contributed by atoms with van der Waals surface area (Å²) in [4.78, 5) is 30.3. The van der Waals surface area contributed by atoms with Crippen molar-refractivity contribution in [3.05, 3.63) is 67.5 Å². The predicted molar refractivity (Wildman–Crippen MR) is 110 cm³/mol. The van der Waals surface area contributed by atoms with Crippen molar-refractivity contribution in [1.29, 1.82) is 0 Å². The smallest absolute Gasteiger partial charge is 0.271 e. The molecule has 0 aliphatic heterocycles. The molecule has 8 nitrogen and oxygen atoms in total. The summed E-state index contributed by atoms with van der Waals surface area (Å²) in [6.07, 6.45) is 0. The van der Waals surface area contributed by atoms with Crippen molar-refractivity contribution in [3.63, 3.8) is 0 Å². The first-order valence-corrected chi connectivity index (χ1v) is 9.55. The molecule has 0 radical (unpaired) electrons. The third-order valence-electron chi connectivity index (χ3n) is 4.49. The molecule has 3 heterocycles. The Balaban J connectivity index is 1.80. The first-order chi connectivity index (χ1) is 13.8. The molecule has 0 bridgehead atoms. The Morgan fingerprint density at radius 1 is 1.21 bits per heavy atom. The van der Waals surface area contributed by atoms with Gasteiger partial charge in [0.1, 0.15) is 0 Å². The molecule has 0 atom stereocenters. The van der Waals surface area contributed by atoms with Gasteiger partial charge in [-0.2, -0.15) is 0 Å². The minimum Gasteiger partial charge on any atom is -0.335 e. The molecular weight excluding hydrogens is 392 g/mol. The van der Waals surface area contributed by atoms with Crippen LogP contribution in [0.2, 0.25) is 0 Å². The normalized spacial score (nSPS) is 11.0. The van der Waals surface area contributed by atoms with E-state index in [0.717, 1.165) is 15.3 Å². The van der Waals surface area contributed by atoms with Crippen LogP contribution in [0.1, 0.15) is 25.8 Å². The number of nitrogens with zero attached hydrogens (tertiary/aromatic N) is 3. The molecule has 4 aromatic rings. The number of nitro groups is 1. The first-order valence-electron chi connectivity index (χ1n) is 8.73. The van der Waals surface area contributed by atoms with Crippen molar-refractivity contribution >= 4 is 39.7 Å². The van der Waals surface area contributed by atoms with Crippen molar-refractivity contribution < 1.29 is 14.2 Å². The molecular formula is C20H16N4O4S. The average Bonchev–Trinajstić information content (AvgIpc) is 3.22. The van der Waals surface area contributed by atoms with Gasteiger partial charge in [0.05, 0.1) is 27.3 Å². The lowest BCUT2D eigenvalue weighted by Crippen LogP contribution is -2.13. The molecule has 0 unspecified atom stereocenters. The topological polar surface area (TPSA) is 111 Å². The van der Waals surface area contributed by atoms with Gasteiger partial charge in [0.2, 0.25) is 0 Å². The highest BCUT2D eigenvalue weighted by Crippen LogP contribution is 2.33. The van der Waals surface area contributed by atoms with Crippen molar-refractivity contribution in [2.75, 3.05) is 5.32 Å². The van der Waals surface area contributed by atoms with Crippen LogP contribution in [-0.4, -0.2) is 21.0 Å². The largest absolute Gasteiger partial charge is 0.335 e. The molecule has 4 rings (SSSR count). The maximum Gasteiger partial charge on any atom is 0.271 e. The molecule has 3 aromatic heterocycles. The van der Waals surface area contributed by atoms with Crippen molar-refractivity contribution in [2.24, 2.45) is 0 Å². The van der Waals surface area contributed by atoms with Crippen molar-refractivity contribution in [3.8, 4) is 11.3 Å². The van der Waals surface area contributed by atoms with E-state index in [2.05, 4.69) is 15.5 Å². The second-order valence-corrected chi connectivity index (χ2v) is 8.05. The lowest BCUT2D eigenvalue weighted by atomic mass is 10.1. The van der Waals surface area contributed by atoms with Gasteiger partial charge in [-0.3, -0.25) is 14.9 Å². The van der Waals surface area contributed by atoms with Crippen LogP contribution >= 0.6 is 11.3 Å². The number of fused-ring (bicyclic) bond motifs is 1. The Morgan fingerprint density at radius 3 is 2.69 bits per heavy atom. The molecule has 0 saturated carbocycles. The number of carbonyl (C=O) groups excluding carboxylic acids is 1. The van der Waals surface area contributed by atoms with Gasteiger partial charge in [0, 0.05) is 33.1 Å². The van der Waals surface area contributed by atoms with E-state index in [4.69, 9.17) is 4.52 Å². The number of aryl methyl sites for hydroxylation is 3. The van der Waals surface area contributed by atoms with E-state index in [1.165, 1.54) is 18.2 Å². The number of hydrogen-bond acceptors (Lipinski definition) is 7. The molecule has 0 saturated heterocycles. The molecule has 9 heteroatoms. The highest BCUT2D eigenvalue weighted by Gasteiger charge is 2.21. The lowest BCUT2D eigenvalue weighted by Gasteiger charge is -2.08. The van der Waals surface area contributed by atoms with Crippen LogP contribution in [0.15, 0.2) is 40.9 Å². The van der Waals surface area contributed by atoms with Gasteiger partial charge >= 0.3 is 0 Å². The van der Waals surface area contributed by atoms with E-state index in [1.54, 1.807) is 30.4 Å². The van der Waals surface area contributed by atoms with Gasteiger partial charge in [-0.05, 0) is 39.0 Å². The summed E-state index contributed by atoms with van der Waals surface area (Å²) in [7, 11) is 0. The van der Waals surface area contributed by atoms with Crippen LogP contribution in [0.25, 0.3) is 22.4 Å². The Morgan fingerprint density at radius 2 is 2.00 bits per heavy atom. The average molecular weight is 408 g/mol. The number of aromatic nitrogens is 2.